The van der Waals surface area contributed by atoms with Crippen LogP contribution in [-0.4, -0.2) is 18.8 Å². The number of hydrogen-bond acceptors (Lipinski definition) is 3. The minimum atomic E-state index is 0.0294. The van der Waals surface area contributed by atoms with E-state index in [1.807, 2.05) is 31.2 Å². The number of hydrogen-bond donors (Lipinski definition) is 2. The zero-order valence-electron chi connectivity index (χ0n) is 12.1. The number of rotatable bonds is 2. The van der Waals surface area contributed by atoms with E-state index >= 15 is 0 Å². The molecule has 4 heteroatoms. The van der Waals surface area contributed by atoms with Crippen LogP contribution in [-0.2, 0) is 6.42 Å². The van der Waals surface area contributed by atoms with E-state index in [2.05, 4.69) is 5.32 Å². The van der Waals surface area contributed by atoms with Gasteiger partial charge >= 0.3 is 0 Å². The summed E-state index contributed by atoms with van der Waals surface area (Å²) >= 11 is 6.23. The molecule has 1 unspecified atom stereocenters. The zero-order valence-corrected chi connectivity index (χ0v) is 12.9. The molecule has 21 heavy (non-hydrogen) atoms. The lowest BCUT2D eigenvalue weighted by Crippen LogP contribution is -2.30. The van der Waals surface area contributed by atoms with Crippen molar-refractivity contribution in [2.45, 2.75) is 19.4 Å². The Bertz CT molecular complexity index is 685. The summed E-state index contributed by atoms with van der Waals surface area (Å²) in [6.45, 7) is 2.85. The summed E-state index contributed by atoms with van der Waals surface area (Å²) in [5, 5.41) is 13.9. The fraction of sp³-hybridized carbons (Fsp3) is 0.294. The summed E-state index contributed by atoms with van der Waals surface area (Å²) in [7, 11) is 1.68. The van der Waals surface area contributed by atoms with Gasteiger partial charge < -0.3 is 15.2 Å². The van der Waals surface area contributed by atoms with Gasteiger partial charge in [0.1, 0.15) is 11.5 Å². The number of nitrogens with one attached hydrogen (secondary N) is 1. The fourth-order valence-corrected chi connectivity index (χ4v) is 3.36. The normalized spacial score (nSPS) is 17.4. The monoisotopic (exact) mass is 303 g/mol. The highest BCUT2D eigenvalue weighted by atomic mass is 35.5. The second kappa shape index (κ2) is 5.58. The maximum Gasteiger partial charge on any atom is 0.126 e. The van der Waals surface area contributed by atoms with Crippen LogP contribution in [0.2, 0.25) is 5.02 Å². The topological polar surface area (TPSA) is 41.5 Å². The molecule has 0 aromatic heterocycles. The first-order chi connectivity index (χ1) is 10.1. The molecule has 110 valence electrons. The van der Waals surface area contributed by atoms with E-state index in [9.17, 15) is 5.11 Å². The van der Waals surface area contributed by atoms with E-state index in [1.54, 1.807) is 13.2 Å². The van der Waals surface area contributed by atoms with Gasteiger partial charge in [0.15, 0.2) is 0 Å². The standard InChI is InChI=1S/C17H18ClNO2/c1-10-7-12(18)9-15(17(10)21-2)16-14-4-3-13(20)8-11(14)5-6-19-16/h3-4,7-9,16,19-20H,5-6H2,1-2H3. The quantitative estimate of drug-likeness (QED) is 0.891. The van der Waals surface area contributed by atoms with Gasteiger partial charge in [0.25, 0.3) is 0 Å². The first-order valence-electron chi connectivity index (χ1n) is 6.99. The molecule has 0 saturated heterocycles. The minimum absolute atomic E-state index is 0.0294. The molecule has 1 aliphatic rings. The van der Waals surface area contributed by atoms with Crippen molar-refractivity contribution >= 4 is 11.6 Å². The number of phenolic OH excluding ortho intramolecular Hbond substituents is 1. The summed E-state index contributed by atoms with van der Waals surface area (Å²) in [6.07, 6.45) is 0.905. The van der Waals surface area contributed by atoms with Gasteiger partial charge in [0.2, 0.25) is 0 Å². The number of aryl methyl sites for hydroxylation is 1. The van der Waals surface area contributed by atoms with Crippen molar-refractivity contribution in [3.05, 3.63) is 57.6 Å². The number of halogens is 1. The molecule has 0 amide bonds. The van der Waals surface area contributed by atoms with E-state index in [-0.39, 0.29) is 6.04 Å². The van der Waals surface area contributed by atoms with Gasteiger partial charge in [-0.1, -0.05) is 17.7 Å². The Balaban J connectivity index is 2.15. The lowest BCUT2D eigenvalue weighted by atomic mass is 9.88. The van der Waals surface area contributed by atoms with E-state index in [0.29, 0.717) is 10.8 Å². The van der Waals surface area contributed by atoms with Crippen molar-refractivity contribution < 1.29 is 9.84 Å². The van der Waals surface area contributed by atoms with Crippen molar-refractivity contribution in [2.24, 2.45) is 0 Å². The summed E-state index contributed by atoms with van der Waals surface area (Å²) in [5.41, 5.74) is 4.39. The van der Waals surface area contributed by atoms with Gasteiger partial charge in [0.05, 0.1) is 13.2 Å². The van der Waals surface area contributed by atoms with E-state index in [1.165, 1.54) is 11.1 Å². The molecule has 1 aliphatic heterocycles. The Morgan fingerprint density at radius 3 is 2.81 bits per heavy atom. The third-order valence-electron chi connectivity index (χ3n) is 3.96. The molecule has 0 aliphatic carbocycles. The van der Waals surface area contributed by atoms with Crippen molar-refractivity contribution in [2.75, 3.05) is 13.7 Å². The average molecular weight is 304 g/mol. The van der Waals surface area contributed by atoms with Gasteiger partial charge in [0, 0.05) is 17.1 Å². The van der Waals surface area contributed by atoms with Crippen LogP contribution < -0.4 is 10.1 Å². The average Bonchev–Trinajstić information content (AvgIpc) is 2.45. The molecule has 3 rings (SSSR count). The van der Waals surface area contributed by atoms with E-state index < -0.39 is 0 Å². The maximum atomic E-state index is 9.67. The van der Waals surface area contributed by atoms with E-state index in [0.717, 1.165) is 29.8 Å². The second-order valence-electron chi connectivity index (χ2n) is 5.37. The highest BCUT2D eigenvalue weighted by Gasteiger charge is 2.25. The van der Waals surface area contributed by atoms with Gasteiger partial charge in [-0.15, -0.1) is 0 Å². The smallest absolute Gasteiger partial charge is 0.126 e. The van der Waals surface area contributed by atoms with Gasteiger partial charge in [-0.05, 0) is 54.3 Å². The summed E-state index contributed by atoms with van der Waals surface area (Å²) in [4.78, 5) is 0. The lowest BCUT2D eigenvalue weighted by molar-refractivity contribution is 0.399. The van der Waals surface area contributed by atoms with Crippen LogP contribution in [0, 0.1) is 6.92 Å². The molecular weight excluding hydrogens is 286 g/mol. The SMILES string of the molecule is COc1c(C)cc(Cl)cc1C1NCCc2cc(O)ccc21. The zero-order chi connectivity index (χ0) is 15.0. The molecule has 0 radical (unpaired) electrons. The molecule has 2 N–H and O–H groups in total. The van der Waals surface area contributed by atoms with Gasteiger partial charge in [-0.3, -0.25) is 0 Å². The van der Waals surface area contributed by atoms with Crippen LogP contribution in [0.5, 0.6) is 11.5 Å². The van der Waals surface area contributed by atoms with Crippen LogP contribution in [0.4, 0.5) is 0 Å². The fourth-order valence-electron chi connectivity index (χ4n) is 3.08. The number of ether oxygens (including phenoxy) is 1. The van der Waals surface area contributed by atoms with E-state index in [4.69, 9.17) is 16.3 Å². The Morgan fingerprint density at radius 2 is 2.05 bits per heavy atom. The van der Waals surface area contributed by atoms with Gasteiger partial charge in [-0.25, -0.2) is 0 Å². The Hall–Kier alpha value is -1.71. The van der Waals surface area contributed by atoms with Crippen LogP contribution in [0.1, 0.15) is 28.3 Å². The second-order valence-corrected chi connectivity index (χ2v) is 5.80. The number of aromatic hydroxyl groups is 1. The summed E-state index contributed by atoms with van der Waals surface area (Å²) in [6, 6.07) is 9.42. The van der Waals surface area contributed by atoms with Crippen molar-refractivity contribution in [1.82, 2.24) is 5.32 Å². The van der Waals surface area contributed by atoms with Crippen LogP contribution in [0.3, 0.4) is 0 Å². The molecule has 1 heterocycles. The van der Waals surface area contributed by atoms with Crippen molar-refractivity contribution in [3.8, 4) is 11.5 Å². The Kier molecular flexibility index (Phi) is 3.79. The molecule has 3 nitrogen and oxygen atoms in total. The van der Waals surface area contributed by atoms with Gasteiger partial charge in [-0.2, -0.15) is 0 Å². The lowest BCUT2D eigenvalue weighted by Gasteiger charge is -2.29. The molecular formula is C17H18ClNO2. The number of benzene rings is 2. The highest BCUT2D eigenvalue weighted by Crippen LogP contribution is 2.38. The molecule has 0 spiro atoms. The number of phenols is 1. The molecule has 2 aromatic rings. The summed E-state index contributed by atoms with van der Waals surface area (Å²) < 4.78 is 5.58. The van der Waals surface area contributed by atoms with Crippen LogP contribution in [0.25, 0.3) is 0 Å². The Morgan fingerprint density at radius 1 is 1.24 bits per heavy atom. The summed E-state index contributed by atoms with van der Waals surface area (Å²) in [5.74, 6) is 1.17. The first kappa shape index (κ1) is 14.2. The third-order valence-corrected chi connectivity index (χ3v) is 4.18. The van der Waals surface area contributed by atoms with Crippen LogP contribution in [0.15, 0.2) is 30.3 Å². The minimum Gasteiger partial charge on any atom is -0.508 e. The molecule has 1 atom stereocenters. The first-order valence-corrected chi connectivity index (χ1v) is 7.37. The third kappa shape index (κ3) is 2.59. The predicted molar refractivity (Wildman–Crippen MR) is 84.4 cm³/mol. The van der Waals surface area contributed by atoms with Crippen molar-refractivity contribution in [1.29, 1.82) is 0 Å². The molecule has 0 saturated carbocycles. The molecule has 0 fully saturated rings. The molecule has 2 aromatic carbocycles. The number of methoxy groups -OCH3 is 1. The maximum absolute atomic E-state index is 9.67. The largest absolute Gasteiger partial charge is 0.508 e. The van der Waals surface area contributed by atoms with Crippen molar-refractivity contribution in [3.63, 3.8) is 0 Å². The molecule has 0 bridgehead atoms. The number of fused-ring (bicyclic) bond motifs is 1. The predicted octanol–water partition coefficient (Wildman–Crippen LogP) is 3.60. The highest BCUT2D eigenvalue weighted by molar-refractivity contribution is 6.30. The van der Waals surface area contributed by atoms with Crippen LogP contribution >= 0.6 is 11.6 Å². The Labute approximate surface area is 129 Å².